The van der Waals surface area contributed by atoms with Crippen molar-refractivity contribution in [2.24, 2.45) is 10.9 Å². The highest BCUT2D eigenvalue weighted by molar-refractivity contribution is 8.16. The molecule has 0 aromatic rings. The van der Waals surface area contributed by atoms with Gasteiger partial charge in [-0.2, -0.15) is 0 Å². The molecule has 1 spiro atoms. The third-order valence-electron chi connectivity index (χ3n) is 5.32. The maximum Gasteiger partial charge on any atom is 0.263 e. The van der Waals surface area contributed by atoms with Crippen molar-refractivity contribution in [3.63, 3.8) is 0 Å². The zero-order chi connectivity index (χ0) is 13.8. The summed E-state index contributed by atoms with van der Waals surface area (Å²) in [5.74, 6) is 1.13. The van der Waals surface area contributed by atoms with Crippen molar-refractivity contribution in [3.8, 4) is 0 Å². The maximum absolute atomic E-state index is 12.1. The smallest absolute Gasteiger partial charge is 0.263 e. The van der Waals surface area contributed by atoms with E-state index in [2.05, 4.69) is 4.99 Å². The van der Waals surface area contributed by atoms with Crippen molar-refractivity contribution in [2.75, 3.05) is 0 Å². The van der Waals surface area contributed by atoms with Gasteiger partial charge in [0.05, 0.1) is 5.04 Å². The predicted molar refractivity (Wildman–Crippen MR) is 86.3 cm³/mol. The first-order valence-corrected chi connectivity index (χ1v) is 9.41. The van der Waals surface area contributed by atoms with Gasteiger partial charge in [-0.3, -0.25) is 4.79 Å². The predicted octanol–water partition coefficient (Wildman–Crippen LogP) is 5.11. The average Bonchev–Trinajstić information content (AvgIpc) is 2.92. The van der Waals surface area contributed by atoms with Gasteiger partial charge in [-0.15, -0.1) is 0 Å². The second-order valence-electron chi connectivity index (χ2n) is 6.86. The largest absolute Gasteiger partial charge is 0.271 e. The van der Waals surface area contributed by atoms with Crippen LogP contribution in [0.3, 0.4) is 0 Å². The van der Waals surface area contributed by atoms with Crippen LogP contribution < -0.4 is 0 Å². The number of nitrogens with zero attached hydrogens (tertiary/aromatic N) is 1. The van der Waals surface area contributed by atoms with Gasteiger partial charge in [0.1, 0.15) is 4.75 Å². The standard InChI is InChI=1S/C17H27NOS/c19-16-17(12-5-6-13-17)20-15(18-16)11-7-10-14-8-3-1-2-4-9-14/h14H,1-13H2. The van der Waals surface area contributed by atoms with E-state index in [0.717, 1.165) is 30.2 Å². The van der Waals surface area contributed by atoms with Crippen LogP contribution in [-0.2, 0) is 4.79 Å². The molecule has 0 N–H and O–H groups in total. The topological polar surface area (TPSA) is 29.4 Å². The van der Waals surface area contributed by atoms with Crippen LogP contribution in [0.15, 0.2) is 4.99 Å². The molecule has 1 heterocycles. The van der Waals surface area contributed by atoms with Crippen molar-refractivity contribution in [2.45, 2.75) is 88.2 Å². The Balaban J connectivity index is 1.43. The lowest BCUT2D eigenvalue weighted by Gasteiger charge is -2.18. The summed E-state index contributed by atoms with van der Waals surface area (Å²) < 4.78 is -0.113. The Hall–Kier alpha value is -0.310. The van der Waals surface area contributed by atoms with E-state index >= 15 is 0 Å². The van der Waals surface area contributed by atoms with Crippen LogP contribution in [-0.4, -0.2) is 15.7 Å². The van der Waals surface area contributed by atoms with Gasteiger partial charge in [0.15, 0.2) is 0 Å². The maximum atomic E-state index is 12.1. The van der Waals surface area contributed by atoms with Crippen LogP contribution in [0.5, 0.6) is 0 Å². The molecule has 0 atom stereocenters. The molecule has 2 saturated carbocycles. The summed E-state index contributed by atoms with van der Waals surface area (Å²) in [7, 11) is 0. The summed E-state index contributed by atoms with van der Waals surface area (Å²) >= 11 is 1.82. The first-order chi connectivity index (χ1) is 9.78. The first kappa shape index (κ1) is 14.6. The lowest BCUT2D eigenvalue weighted by molar-refractivity contribution is -0.119. The molecule has 0 saturated heterocycles. The van der Waals surface area contributed by atoms with E-state index in [-0.39, 0.29) is 10.7 Å². The average molecular weight is 293 g/mol. The van der Waals surface area contributed by atoms with E-state index in [1.165, 1.54) is 64.2 Å². The summed E-state index contributed by atoms with van der Waals surface area (Å²) in [6.45, 7) is 0. The van der Waals surface area contributed by atoms with E-state index in [1.807, 2.05) is 11.8 Å². The van der Waals surface area contributed by atoms with Crippen LogP contribution in [0.1, 0.15) is 83.5 Å². The van der Waals surface area contributed by atoms with Crippen molar-refractivity contribution >= 4 is 22.7 Å². The summed E-state index contributed by atoms with van der Waals surface area (Å²) in [5, 5.41) is 1.14. The molecular weight excluding hydrogens is 266 g/mol. The van der Waals surface area contributed by atoms with E-state index in [4.69, 9.17) is 0 Å². The van der Waals surface area contributed by atoms with Gasteiger partial charge in [-0.25, -0.2) is 4.99 Å². The van der Waals surface area contributed by atoms with Gasteiger partial charge in [0.2, 0.25) is 0 Å². The van der Waals surface area contributed by atoms with E-state index in [1.54, 1.807) is 0 Å². The van der Waals surface area contributed by atoms with Crippen molar-refractivity contribution < 1.29 is 4.79 Å². The molecule has 20 heavy (non-hydrogen) atoms. The molecule has 0 radical (unpaired) electrons. The van der Waals surface area contributed by atoms with E-state index in [0.29, 0.717) is 0 Å². The Morgan fingerprint density at radius 3 is 2.45 bits per heavy atom. The molecule has 2 fully saturated rings. The first-order valence-electron chi connectivity index (χ1n) is 8.59. The molecule has 0 unspecified atom stereocenters. The molecule has 3 aliphatic rings. The van der Waals surface area contributed by atoms with Gasteiger partial charge in [-0.1, -0.05) is 69.5 Å². The fourth-order valence-electron chi connectivity index (χ4n) is 4.07. The molecule has 2 nitrogen and oxygen atoms in total. The van der Waals surface area contributed by atoms with Crippen molar-refractivity contribution in [1.29, 1.82) is 0 Å². The number of amides is 1. The fraction of sp³-hybridized carbons (Fsp3) is 0.882. The Morgan fingerprint density at radius 1 is 1.05 bits per heavy atom. The summed E-state index contributed by atoms with van der Waals surface area (Å²) in [6, 6.07) is 0. The molecular formula is C17H27NOS. The van der Waals surface area contributed by atoms with Crippen LogP contribution in [0.25, 0.3) is 0 Å². The molecule has 0 aromatic carbocycles. The minimum absolute atomic E-state index is 0.113. The molecule has 112 valence electrons. The number of carbonyl (C=O) groups is 1. The second-order valence-corrected chi connectivity index (χ2v) is 8.32. The molecule has 0 aromatic heterocycles. The molecule has 2 aliphatic carbocycles. The fourth-order valence-corrected chi connectivity index (χ4v) is 5.52. The van der Waals surface area contributed by atoms with Gasteiger partial charge in [0, 0.05) is 0 Å². The van der Waals surface area contributed by atoms with Crippen LogP contribution >= 0.6 is 11.8 Å². The summed E-state index contributed by atoms with van der Waals surface area (Å²) in [5.41, 5.74) is 0. The third kappa shape index (κ3) is 3.29. The third-order valence-corrected chi connectivity index (χ3v) is 6.82. The lowest BCUT2D eigenvalue weighted by Crippen LogP contribution is -2.26. The highest BCUT2D eigenvalue weighted by atomic mass is 32.2. The zero-order valence-corrected chi connectivity index (χ0v) is 13.3. The number of thioether (sulfide) groups is 1. The minimum Gasteiger partial charge on any atom is -0.271 e. The van der Waals surface area contributed by atoms with Gasteiger partial charge >= 0.3 is 0 Å². The number of carbonyl (C=O) groups excluding carboxylic acids is 1. The highest BCUT2D eigenvalue weighted by Crippen LogP contribution is 2.47. The summed E-state index contributed by atoms with van der Waals surface area (Å²) in [4.78, 5) is 16.5. The number of rotatable bonds is 4. The normalized spacial score (nSPS) is 27.0. The van der Waals surface area contributed by atoms with Gasteiger partial charge < -0.3 is 0 Å². The van der Waals surface area contributed by atoms with Gasteiger partial charge in [-0.05, 0) is 31.6 Å². The minimum atomic E-state index is -0.113. The monoisotopic (exact) mass is 293 g/mol. The second kappa shape index (κ2) is 6.64. The van der Waals surface area contributed by atoms with E-state index in [9.17, 15) is 4.79 Å². The Labute approximate surface area is 127 Å². The van der Waals surface area contributed by atoms with Gasteiger partial charge in [0.25, 0.3) is 5.91 Å². The number of hydrogen-bond acceptors (Lipinski definition) is 2. The van der Waals surface area contributed by atoms with Crippen molar-refractivity contribution in [3.05, 3.63) is 0 Å². The Morgan fingerprint density at radius 2 is 1.75 bits per heavy atom. The zero-order valence-electron chi connectivity index (χ0n) is 12.5. The SMILES string of the molecule is O=C1N=C(CCCC2CCCCCC2)SC12CCCC2. The molecule has 0 bridgehead atoms. The van der Waals surface area contributed by atoms with Crippen LogP contribution in [0, 0.1) is 5.92 Å². The quantitative estimate of drug-likeness (QED) is 0.674. The molecule has 3 rings (SSSR count). The lowest BCUT2D eigenvalue weighted by atomic mass is 9.94. The Kier molecular flexibility index (Phi) is 4.85. The summed E-state index contributed by atoms with van der Waals surface area (Å²) in [6.07, 6.45) is 16.8. The van der Waals surface area contributed by atoms with Crippen LogP contribution in [0.4, 0.5) is 0 Å². The van der Waals surface area contributed by atoms with Crippen LogP contribution in [0.2, 0.25) is 0 Å². The van der Waals surface area contributed by atoms with E-state index < -0.39 is 0 Å². The Bertz CT molecular complexity index is 376. The number of hydrogen-bond donors (Lipinski definition) is 0. The molecule has 1 amide bonds. The highest BCUT2D eigenvalue weighted by Gasteiger charge is 2.46. The number of aliphatic imine (C=N–C) groups is 1. The molecule has 3 heteroatoms. The van der Waals surface area contributed by atoms with Crippen molar-refractivity contribution in [1.82, 2.24) is 0 Å². The molecule has 1 aliphatic heterocycles.